The van der Waals surface area contributed by atoms with E-state index in [1.165, 1.54) is 0 Å². The second-order valence-corrected chi connectivity index (χ2v) is 4.64. The fraction of sp³-hybridized carbons (Fsp3) is 0.462. The van der Waals surface area contributed by atoms with Crippen molar-refractivity contribution in [3.05, 3.63) is 23.8 Å². The Hall–Kier alpha value is -1.59. The Labute approximate surface area is 106 Å². The number of nitrogens with zero attached hydrogens (tertiary/aromatic N) is 1. The van der Waals surface area contributed by atoms with Crippen LogP contribution >= 0.6 is 0 Å². The van der Waals surface area contributed by atoms with Gasteiger partial charge in [0.25, 0.3) is 5.91 Å². The first kappa shape index (κ1) is 11.5. The van der Waals surface area contributed by atoms with Crippen LogP contribution in [-0.2, 0) is 9.53 Å². The molecular formula is C13H16N2O3. The lowest BCUT2D eigenvalue weighted by molar-refractivity contribution is -0.120. The van der Waals surface area contributed by atoms with E-state index in [1.54, 1.807) is 11.9 Å². The Bertz CT molecular complexity index is 489. The molecule has 1 fully saturated rings. The maximum Gasteiger partial charge on any atom is 0.264 e. The van der Waals surface area contributed by atoms with Gasteiger partial charge in [0.05, 0.1) is 11.8 Å². The van der Waals surface area contributed by atoms with Crippen LogP contribution in [0.2, 0.25) is 0 Å². The summed E-state index contributed by atoms with van der Waals surface area (Å²) in [5, 5.41) is 3.23. The molecule has 0 spiro atoms. The summed E-state index contributed by atoms with van der Waals surface area (Å²) in [6.07, 6.45) is 0.109. The van der Waals surface area contributed by atoms with Crippen LogP contribution in [0.1, 0.15) is 18.6 Å². The molecule has 1 aromatic rings. The van der Waals surface area contributed by atoms with E-state index in [9.17, 15) is 4.79 Å². The molecule has 0 aromatic heterocycles. The summed E-state index contributed by atoms with van der Waals surface area (Å²) in [6.45, 7) is 2.89. The maximum atomic E-state index is 11.6. The van der Waals surface area contributed by atoms with Crippen LogP contribution in [0.3, 0.4) is 0 Å². The molecule has 2 heterocycles. The molecule has 2 aliphatic rings. The van der Waals surface area contributed by atoms with Crippen LogP contribution in [0.25, 0.3) is 0 Å². The average molecular weight is 248 g/mol. The number of nitrogens with one attached hydrogen (secondary N) is 1. The smallest absolute Gasteiger partial charge is 0.264 e. The third-order valence-electron chi connectivity index (χ3n) is 3.40. The van der Waals surface area contributed by atoms with Gasteiger partial charge in [0.2, 0.25) is 0 Å². The topological polar surface area (TPSA) is 50.8 Å². The molecule has 5 nitrogen and oxygen atoms in total. The molecule has 2 atom stereocenters. The van der Waals surface area contributed by atoms with Crippen molar-refractivity contribution >= 4 is 11.6 Å². The number of ether oxygens (including phenoxy) is 2. The van der Waals surface area contributed by atoms with Crippen molar-refractivity contribution in [1.29, 1.82) is 0 Å². The Morgan fingerprint density at radius 2 is 2.28 bits per heavy atom. The zero-order valence-electron chi connectivity index (χ0n) is 10.5. The van der Waals surface area contributed by atoms with E-state index in [-0.39, 0.29) is 24.8 Å². The number of benzene rings is 1. The van der Waals surface area contributed by atoms with Crippen LogP contribution in [0.5, 0.6) is 5.75 Å². The summed E-state index contributed by atoms with van der Waals surface area (Å²) in [4.78, 5) is 13.2. The van der Waals surface area contributed by atoms with E-state index in [1.807, 2.05) is 25.1 Å². The first-order chi connectivity index (χ1) is 8.65. The average Bonchev–Trinajstić information content (AvgIpc) is 2.80. The van der Waals surface area contributed by atoms with E-state index in [2.05, 4.69) is 5.32 Å². The summed E-state index contributed by atoms with van der Waals surface area (Å²) < 4.78 is 11.1. The number of likely N-dealkylation sites (N-methyl/N-ethyl adjacent to an activating group) is 1. The first-order valence-electron chi connectivity index (χ1n) is 6.07. The van der Waals surface area contributed by atoms with Crippen molar-refractivity contribution in [2.45, 2.75) is 19.3 Å². The minimum atomic E-state index is -0.0292. The van der Waals surface area contributed by atoms with E-state index in [0.717, 1.165) is 23.5 Å². The Morgan fingerprint density at radius 1 is 1.44 bits per heavy atom. The van der Waals surface area contributed by atoms with E-state index in [4.69, 9.17) is 9.47 Å². The highest BCUT2D eigenvalue weighted by Crippen LogP contribution is 2.35. The molecule has 0 saturated carbocycles. The fourth-order valence-corrected chi connectivity index (χ4v) is 2.30. The van der Waals surface area contributed by atoms with Gasteiger partial charge in [-0.05, 0) is 24.6 Å². The van der Waals surface area contributed by atoms with Gasteiger partial charge in [0, 0.05) is 13.6 Å². The minimum Gasteiger partial charge on any atom is -0.482 e. The lowest BCUT2D eigenvalue weighted by Crippen LogP contribution is -2.35. The molecule has 2 aliphatic heterocycles. The van der Waals surface area contributed by atoms with Crippen LogP contribution in [0, 0.1) is 0 Å². The van der Waals surface area contributed by atoms with Crippen LogP contribution in [0.15, 0.2) is 18.2 Å². The second kappa shape index (κ2) is 4.26. The summed E-state index contributed by atoms with van der Waals surface area (Å²) >= 11 is 0. The molecule has 0 aliphatic carbocycles. The molecule has 96 valence electrons. The molecule has 2 unspecified atom stereocenters. The normalized spacial score (nSPS) is 27.0. The second-order valence-electron chi connectivity index (χ2n) is 4.64. The first-order valence-corrected chi connectivity index (χ1v) is 6.07. The lowest BCUT2D eigenvalue weighted by Gasteiger charge is -2.27. The van der Waals surface area contributed by atoms with Crippen LogP contribution in [0.4, 0.5) is 5.69 Å². The molecule has 0 radical (unpaired) electrons. The summed E-state index contributed by atoms with van der Waals surface area (Å²) in [5.74, 6) is 0.721. The van der Waals surface area contributed by atoms with Crippen molar-refractivity contribution in [3.8, 4) is 5.75 Å². The summed E-state index contributed by atoms with van der Waals surface area (Å²) in [5.41, 5.74) is 1.88. The predicted octanol–water partition coefficient (Wildman–Crippen LogP) is 1.05. The van der Waals surface area contributed by atoms with Gasteiger partial charge in [0.1, 0.15) is 12.0 Å². The van der Waals surface area contributed by atoms with Gasteiger partial charge in [-0.25, -0.2) is 0 Å². The van der Waals surface area contributed by atoms with Crippen molar-refractivity contribution in [1.82, 2.24) is 5.32 Å². The number of rotatable bonds is 1. The zero-order valence-corrected chi connectivity index (χ0v) is 10.5. The molecule has 3 rings (SSSR count). The Kier molecular flexibility index (Phi) is 2.72. The van der Waals surface area contributed by atoms with Gasteiger partial charge in [-0.1, -0.05) is 6.07 Å². The SMILES string of the molecule is CC1NCC(c2ccc3c(c2)N(C)C(=O)CO3)O1. The molecular weight excluding hydrogens is 232 g/mol. The molecule has 1 saturated heterocycles. The fourth-order valence-electron chi connectivity index (χ4n) is 2.30. The maximum absolute atomic E-state index is 11.6. The van der Waals surface area contributed by atoms with Crippen molar-refractivity contribution < 1.29 is 14.3 Å². The summed E-state index contributed by atoms with van der Waals surface area (Å²) in [6, 6.07) is 5.86. The number of hydrogen-bond acceptors (Lipinski definition) is 4. The molecule has 1 amide bonds. The number of hydrogen-bond donors (Lipinski definition) is 1. The lowest BCUT2D eigenvalue weighted by atomic mass is 10.1. The summed E-state index contributed by atoms with van der Waals surface area (Å²) in [7, 11) is 1.77. The molecule has 1 N–H and O–H groups in total. The van der Waals surface area contributed by atoms with Crippen molar-refractivity contribution in [2.75, 3.05) is 25.1 Å². The number of carbonyl (C=O) groups excluding carboxylic acids is 1. The molecule has 5 heteroatoms. The largest absolute Gasteiger partial charge is 0.482 e. The van der Waals surface area contributed by atoms with E-state index >= 15 is 0 Å². The Balaban J connectivity index is 1.92. The van der Waals surface area contributed by atoms with Gasteiger partial charge < -0.3 is 14.4 Å². The molecule has 0 bridgehead atoms. The van der Waals surface area contributed by atoms with Crippen LogP contribution < -0.4 is 15.0 Å². The predicted molar refractivity (Wildman–Crippen MR) is 66.6 cm³/mol. The number of carbonyl (C=O) groups is 1. The third kappa shape index (κ3) is 1.85. The third-order valence-corrected chi connectivity index (χ3v) is 3.40. The monoisotopic (exact) mass is 248 g/mol. The number of anilines is 1. The van der Waals surface area contributed by atoms with E-state index < -0.39 is 0 Å². The zero-order chi connectivity index (χ0) is 12.7. The van der Waals surface area contributed by atoms with Gasteiger partial charge in [-0.3, -0.25) is 10.1 Å². The van der Waals surface area contributed by atoms with Gasteiger partial charge in [0.15, 0.2) is 6.61 Å². The minimum absolute atomic E-state index is 0.0292. The highest BCUT2D eigenvalue weighted by atomic mass is 16.5. The van der Waals surface area contributed by atoms with Crippen LogP contribution in [-0.4, -0.2) is 32.3 Å². The van der Waals surface area contributed by atoms with Crippen molar-refractivity contribution in [2.24, 2.45) is 0 Å². The Morgan fingerprint density at radius 3 is 3.00 bits per heavy atom. The quantitative estimate of drug-likeness (QED) is 0.807. The standard InChI is InChI=1S/C13H16N2O3/c1-8-14-6-12(18-8)9-3-4-11-10(5-9)15(2)13(16)7-17-11/h3-5,8,12,14H,6-7H2,1-2H3. The highest BCUT2D eigenvalue weighted by Gasteiger charge is 2.26. The molecule has 18 heavy (non-hydrogen) atoms. The molecule has 1 aromatic carbocycles. The van der Waals surface area contributed by atoms with Gasteiger partial charge >= 0.3 is 0 Å². The van der Waals surface area contributed by atoms with Gasteiger partial charge in [-0.2, -0.15) is 0 Å². The number of fused-ring (bicyclic) bond motifs is 1. The number of amides is 1. The van der Waals surface area contributed by atoms with E-state index in [0.29, 0.717) is 0 Å². The van der Waals surface area contributed by atoms with Crippen molar-refractivity contribution in [3.63, 3.8) is 0 Å². The highest BCUT2D eigenvalue weighted by molar-refractivity contribution is 5.97. The van der Waals surface area contributed by atoms with Gasteiger partial charge in [-0.15, -0.1) is 0 Å².